The SMILES string of the molecule is C[C@](C#N)(c1ccccc1)[C@@]1(C2CCCCCC2)C(=O)Nc2ccccc21. The Kier molecular flexibility index (Phi) is 4.52. The van der Waals surface area contributed by atoms with Gasteiger partial charge in [0.05, 0.1) is 11.5 Å². The zero-order valence-electron chi connectivity index (χ0n) is 15.9. The lowest BCUT2D eigenvalue weighted by Gasteiger charge is -2.46. The summed E-state index contributed by atoms with van der Waals surface area (Å²) < 4.78 is 0. The molecule has 2 atom stereocenters. The van der Waals surface area contributed by atoms with Crippen molar-refractivity contribution < 1.29 is 4.79 Å². The van der Waals surface area contributed by atoms with Crippen LogP contribution in [0.3, 0.4) is 0 Å². The van der Waals surface area contributed by atoms with E-state index in [1.165, 1.54) is 12.8 Å². The summed E-state index contributed by atoms with van der Waals surface area (Å²) in [6.07, 6.45) is 6.66. The summed E-state index contributed by atoms with van der Waals surface area (Å²) in [6.45, 7) is 1.97. The highest BCUT2D eigenvalue weighted by Crippen LogP contribution is 2.57. The number of fused-ring (bicyclic) bond motifs is 1. The minimum atomic E-state index is -0.931. The molecule has 1 amide bonds. The molecule has 27 heavy (non-hydrogen) atoms. The van der Waals surface area contributed by atoms with Gasteiger partial charge in [-0.3, -0.25) is 4.79 Å². The maximum atomic E-state index is 13.7. The highest BCUT2D eigenvalue weighted by molar-refractivity contribution is 6.08. The van der Waals surface area contributed by atoms with Gasteiger partial charge in [0.25, 0.3) is 0 Å². The number of carbonyl (C=O) groups is 1. The molecule has 1 aliphatic carbocycles. The van der Waals surface area contributed by atoms with Crippen molar-refractivity contribution in [3.05, 3.63) is 65.7 Å². The summed E-state index contributed by atoms with van der Waals surface area (Å²) in [6, 6.07) is 20.4. The van der Waals surface area contributed by atoms with E-state index in [4.69, 9.17) is 0 Å². The Morgan fingerprint density at radius 3 is 2.30 bits per heavy atom. The molecule has 138 valence electrons. The molecule has 0 unspecified atom stereocenters. The van der Waals surface area contributed by atoms with Crippen LogP contribution in [0, 0.1) is 17.2 Å². The van der Waals surface area contributed by atoms with E-state index in [2.05, 4.69) is 17.5 Å². The number of hydrogen-bond acceptors (Lipinski definition) is 2. The predicted octanol–water partition coefficient (Wildman–Crippen LogP) is 5.33. The Labute approximate surface area is 161 Å². The number of nitrogens with zero attached hydrogens (tertiary/aromatic N) is 1. The zero-order chi connectivity index (χ0) is 18.9. The molecule has 2 aliphatic rings. The van der Waals surface area contributed by atoms with Gasteiger partial charge in [-0.2, -0.15) is 5.26 Å². The second-order valence-corrected chi connectivity index (χ2v) is 8.10. The minimum absolute atomic E-state index is 0.0106. The Morgan fingerprint density at radius 2 is 1.63 bits per heavy atom. The summed E-state index contributed by atoms with van der Waals surface area (Å²) in [5.41, 5.74) is 0.992. The molecule has 3 heteroatoms. The monoisotopic (exact) mass is 358 g/mol. The molecule has 0 spiro atoms. The highest BCUT2D eigenvalue weighted by atomic mass is 16.2. The number of hydrogen-bond donors (Lipinski definition) is 1. The predicted molar refractivity (Wildman–Crippen MR) is 107 cm³/mol. The van der Waals surface area contributed by atoms with Gasteiger partial charge in [-0.05, 0) is 42.9 Å². The fourth-order valence-corrected chi connectivity index (χ4v) is 5.45. The van der Waals surface area contributed by atoms with E-state index in [1.54, 1.807) is 0 Å². The van der Waals surface area contributed by atoms with E-state index < -0.39 is 10.8 Å². The van der Waals surface area contributed by atoms with E-state index in [-0.39, 0.29) is 11.8 Å². The van der Waals surface area contributed by atoms with Crippen molar-refractivity contribution in [1.82, 2.24) is 0 Å². The summed E-state index contributed by atoms with van der Waals surface area (Å²) in [5.74, 6) is 0.150. The van der Waals surface area contributed by atoms with Gasteiger partial charge >= 0.3 is 0 Å². The molecule has 0 radical (unpaired) electrons. The van der Waals surface area contributed by atoms with Crippen LogP contribution in [0.1, 0.15) is 56.6 Å². The van der Waals surface area contributed by atoms with Crippen molar-refractivity contribution in [1.29, 1.82) is 5.26 Å². The van der Waals surface area contributed by atoms with Crippen molar-refractivity contribution >= 4 is 11.6 Å². The molecule has 4 rings (SSSR count). The number of para-hydroxylation sites is 1. The molecule has 0 saturated heterocycles. The Balaban J connectivity index is 2.00. The number of nitrogens with one attached hydrogen (secondary N) is 1. The van der Waals surface area contributed by atoms with E-state index in [9.17, 15) is 10.1 Å². The Hall–Kier alpha value is -2.60. The molecular weight excluding hydrogens is 332 g/mol. The van der Waals surface area contributed by atoms with E-state index in [0.29, 0.717) is 0 Å². The summed E-state index contributed by atoms with van der Waals surface area (Å²) in [4.78, 5) is 13.7. The quantitative estimate of drug-likeness (QED) is 0.754. The van der Waals surface area contributed by atoms with Gasteiger partial charge in [0.15, 0.2) is 0 Å². The van der Waals surface area contributed by atoms with Crippen molar-refractivity contribution in [3.8, 4) is 6.07 Å². The summed E-state index contributed by atoms with van der Waals surface area (Å²) in [5, 5.41) is 13.6. The zero-order valence-corrected chi connectivity index (χ0v) is 15.9. The molecule has 0 aromatic heterocycles. The third-order valence-corrected chi connectivity index (χ3v) is 6.79. The standard InChI is InChI=1S/C24H26N2O/c1-23(17-25,18-11-7-4-8-12-18)24(19-13-5-2-3-6-14-19)20-15-9-10-16-21(20)26-22(24)27/h4,7-12,15-16,19H,2-3,5-6,13-14H2,1H3,(H,26,27)/t23-,24+/m0/s1. The van der Waals surface area contributed by atoms with Crippen LogP contribution in [0.2, 0.25) is 0 Å². The lowest BCUT2D eigenvalue weighted by Crippen LogP contribution is -2.56. The first kappa shape index (κ1) is 17.8. The minimum Gasteiger partial charge on any atom is -0.325 e. The second kappa shape index (κ2) is 6.85. The molecule has 2 aromatic rings. The van der Waals surface area contributed by atoms with Gasteiger partial charge in [0.2, 0.25) is 5.91 Å². The van der Waals surface area contributed by atoms with Crippen molar-refractivity contribution in [2.45, 2.75) is 56.3 Å². The number of benzene rings is 2. The van der Waals surface area contributed by atoms with E-state index >= 15 is 0 Å². The van der Waals surface area contributed by atoms with Crippen LogP contribution in [0.25, 0.3) is 0 Å². The fourth-order valence-electron chi connectivity index (χ4n) is 5.45. The Bertz CT molecular complexity index is 877. The molecule has 2 aromatic carbocycles. The third-order valence-electron chi connectivity index (χ3n) is 6.79. The maximum absolute atomic E-state index is 13.7. The van der Waals surface area contributed by atoms with Crippen LogP contribution >= 0.6 is 0 Å². The smallest absolute Gasteiger partial charge is 0.237 e. The van der Waals surface area contributed by atoms with Gasteiger partial charge in [-0.15, -0.1) is 0 Å². The fraction of sp³-hybridized carbons (Fsp3) is 0.417. The lowest BCUT2D eigenvalue weighted by molar-refractivity contribution is -0.125. The van der Waals surface area contributed by atoms with Crippen LogP contribution in [0.15, 0.2) is 54.6 Å². The van der Waals surface area contributed by atoms with Gasteiger partial charge in [0, 0.05) is 5.69 Å². The average molecular weight is 358 g/mol. The van der Waals surface area contributed by atoms with Crippen LogP contribution in [-0.4, -0.2) is 5.91 Å². The third kappa shape index (κ3) is 2.51. The molecule has 1 aliphatic heterocycles. The number of anilines is 1. The molecule has 1 fully saturated rings. The van der Waals surface area contributed by atoms with E-state index in [1.807, 2.05) is 55.5 Å². The molecule has 1 heterocycles. The van der Waals surface area contributed by atoms with Gasteiger partial charge in [-0.25, -0.2) is 0 Å². The highest BCUT2D eigenvalue weighted by Gasteiger charge is 2.63. The maximum Gasteiger partial charge on any atom is 0.237 e. The first-order valence-electron chi connectivity index (χ1n) is 10.0. The molecule has 0 bridgehead atoms. The molecule has 1 N–H and O–H groups in total. The van der Waals surface area contributed by atoms with Crippen LogP contribution in [-0.2, 0) is 15.6 Å². The first-order chi connectivity index (χ1) is 13.1. The molecular formula is C24H26N2O. The summed E-state index contributed by atoms with van der Waals surface area (Å²) in [7, 11) is 0. The van der Waals surface area contributed by atoms with Crippen LogP contribution in [0.4, 0.5) is 5.69 Å². The summed E-state index contributed by atoms with van der Waals surface area (Å²) >= 11 is 0. The van der Waals surface area contributed by atoms with Gasteiger partial charge in [0.1, 0.15) is 5.41 Å². The van der Waals surface area contributed by atoms with Crippen LogP contribution in [0.5, 0.6) is 0 Å². The molecule has 3 nitrogen and oxygen atoms in total. The number of nitriles is 1. The average Bonchev–Trinajstić information content (AvgIpc) is 2.86. The number of amides is 1. The van der Waals surface area contributed by atoms with Crippen molar-refractivity contribution in [2.24, 2.45) is 5.92 Å². The van der Waals surface area contributed by atoms with E-state index in [0.717, 1.165) is 42.5 Å². The van der Waals surface area contributed by atoms with Gasteiger partial charge in [-0.1, -0.05) is 74.2 Å². The Morgan fingerprint density at radius 1 is 1.00 bits per heavy atom. The first-order valence-corrected chi connectivity index (χ1v) is 10.0. The van der Waals surface area contributed by atoms with Gasteiger partial charge < -0.3 is 5.32 Å². The lowest BCUT2D eigenvalue weighted by atomic mass is 9.52. The topological polar surface area (TPSA) is 52.9 Å². The molecule has 1 saturated carbocycles. The largest absolute Gasteiger partial charge is 0.325 e. The van der Waals surface area contributed by atoms with Crippen LogP contribution < -0.4 is 5.32 Å². The number of carbonyl (C=O) groups excluding carboxylic acids is 1. The van der Waals surface area contributed by atoms with Crippen molar-refractivity contribution in [3.63, 3.8) is 0 Å². The van der Waals surface area contributed by atoms with Crippen molar-refractivity contribution in [2.75, 3.05) is 5.32 Å². The normalized spacial score (nSPS) is 25.0. The number of rotatable bonds is 3. The second-order valence-electron chi connectivity index (χ2n) is 8.10.